The normalized spacial score (nSPS) is 11.4. The van der Waals surface area contributed by atoms with Crippen LogP contribution in [0.2, 0.25) is 0 Å². The Balaban J connectivity index is 3.41. The molecular formula is C11H10F4O2. The van der Waals surface area contributed by atoms with Gasteiger partial charge in [-0.3, -0.25) is 4.79 Å². The van der Waals surface area contributed by atoms with Crippen LogP contribution >= 0.6 is 0 Å². The fourth-order valence-corrected chi connectivity index (χ4v) is 1.35. The van der Waals surface area contributed by atoms with E-state index in [1.165, 1.54) is 6.92 Å². The van der Waals surface area contributed by atoms with E-state index in [-0.39, 0.29) is 6.42 Å². The van der Waals surface area contributed by atoms with Gasteiger partial charge in [-0.1, -0.05) is 6.92 Å². The van der Waals surface area contributed by atoms with Crippen molar-refractivity contribution >= 4 is 5.78 Å². The molecule has 17 heavy (non-hydrogen) atoms. The lowest BCUT2D eigenvalue weighted by molar-refractivity contribution is -0.137. The Bertz CT molecular complexity index is 438. The smallest absolute Gasteiger partial charge is 0.416 e. The van der Waals surface area contributed by atoms with Crippen molar-refractivity contribution < 1.29 is 27.1 Å². The number of carbonyl (C=O) groups excluding carboxylic acids is 1. The van der Waals surface area contributed by atoms with Crippen molar-refractivity contribution in [1.29, 1.82) is 0 Å². The Morgan fingerprint density at radius 2 is 1.94 bits per heavy atom. The van der Waals surface area contributed by atoms with Gasteiger partial charge in [-0.05, 0) is 12.1 Å². The number of carbonyl (C=O) groups is 1. The van der Waals surface area contributed by atoms with Crippen molar-refractivity contribution in [2.24, 2.45) is 0 Å². The molecule has 0 aliphatic rings. The maximum atomic E-state index is 13.5. The molecule has 0 aliphatic carbocycles. The minimum atomic E-state index is -4.68. The highest BCUT2D eigenvalue weighted by Crippen LogP contribution is 2.34. The molecule has 0 amide bonds. The van der Waals surface area contributed by atoms with Gasteiger partial charge in [-0.2, -0.15) is 13.2 Å². The van der Waals surface area contributed by atoms with Crippen LogP contribution in [-0.2, 0) is 6.18 Å². The van der Waals surface area contributed by atoms with Gasteiger partial charge in [-0.15, -0.1) is 0 Å². The van der Waals surface area contributed by atoms with Crippen LogP contribution in [0.5, 0.6) is 5.75 Å². The average Bonchev–Trinajstić information content (AvgIpc) is 2.25. The number of benzene rings is 1. The average molecular weight is 250 g/mol. The summed E-state index contributed by atoms with van der Waals surface area (Å²) in [4.78, 5) is 11.4. The lowest BCUT2D eigenvalue weighted by Crippen LogP contribution is -2.10. The van der Waals surface area contributed by atoms with E-state index in [0.29, 0.717) is 12.1 Å². The van der Waals surface area contributed by atoms with Crippen LogP contribution in [0.15, 0.2) is 12.1 Å². The molecule has 1 rings (SSSR count). The molecule has 0 spiro atoms. The molecule has 1 aromatic rings. The second-order valence-corrected chi connectivity index (χ2v) is 3.31. The summed E-state index contributed by atoms with van der Waals surface area (Å²) in [6, 6.07) is 0.914. The summed E-state index contributed by atoms with van der Waals surface area (Å²) in [5, 5.41) is 0. The molecule has 0 bridgehead atoms. The number of rotatable bonds is 3. The van der Waals surface area contributed by atoms with Crippen LogP contribution in [0.25, 0.3) is 0 Å². The third-order valence-electron chi connectivity index (χ3n) is 2.20. The van der Waals surface area contributed by atoms with Crippen molar-refractivity contribution in [2.75, 3.05) is 7.11 Å². The predicted molar refractivity (Wildman–Crippen MR) is 52.6 cm³/mol. The first-order valence-electron chi connectivity index (χ1n) is 4.79. The molecule has 0 saturated heterocycles. The minimum Gasteiger partial charge on any atom is -0.496 e. The molecular weight excluding hydrogens is 240 g/mol. The molecule has 0 fully saturated rings. The number of ether oxygens (including phenoxy) is 1. The summed E-state index contributed by atoms with van der Waals surface area (Å²) < 4.78 is 55.3. The molecule has 94 valence electrons. The Labute approximate surface area is 95.2 Å². The molecule has 6 heteroatoms. The molecule has 0 N–H and O–H groups in total. The van der Waals surface area contributed by atoms with Gasteiger partial charge in [0.1, 0.15) is 11.6 Å². The minimum absolute atomic E-state index is 0.0152. The number of methoxy groups -OCH3 is 1. The van der Waals surface area contributed by atoms with E-state index in [9.17, 15) is 22.4 Å². The number of alkyl halides is 3. The third kappa shape index (κ3) is 2.75. The predicted octanol–water partition coefficient (Wildman–Crippen LogP) is 3.45. The Hall–Kier alpha value is -1.59. The maximum Gasteiger partial charge on any atom is 0.416 e. The van der Waals surface area contributed by atoms with Gasteiger partial charge in [0.05, 0.1) is 18.2 Å². The van der Waals surface area contributed by atoms with Gasteiger partial charge >= 0.3 is 6.18 Å². The van der Waals surface area contributed by atoms with Crippen molar-refractivity contribution in [3.05, 3.63) is 29.1 Å². The Kier molecular flexibility index (Phi) is 3.75. The quantitative estimate of drug-likeness (QED) is 0.606. The van der Waals surface area contributed by atoms with Gasteiger partial charge in [0.25, 0.3) is 0 Å². The number of hydrogen-bond acceptors (Lipinski definition) is 2. The van der Waals surface area contributed by atoms with Crippen LogP contribution < -0.4 is 4.74 Å². The number of Topliss-reactive ketones (excluding diaryl/α,β-unsaturated/α-hetero) is 1. The number of halogens is 4. The molecule has 1 aromatic carbocycles. The molecule has 0 aromatic heterocycles. The Morgan fingerprint density at radius 1 is 1.35 bits per heavy atom. The zero-order valence-corrected chi connectivity index (χ0v) is 9.19. The van der Waals surface area contributed by atoms with Crippen LogP contribution in [0, 0.1) is 5.82 Å². The summed E-state index contributed by atoms with van der Waals surface area (Å²) in [5.41, 5.74) is -1.62. The van der Waals surface area contributed by atoms with E-state index in [2.05, 4.69) is 4.74 Å². The third-order valence-corrected chi connectivity index (χ3v) is 2.20. The summed E-state index contributed by atoms with van der Waals surface area (Å²) in [7, 11) is 1.08. The summed E-state index contributed by atoms with van der Waals surface area (Å²) in [6.45, 7) is 1.49. The van der Waals surface area contributed by atoms with E-state index in [1.807, 2.05) is 0 Å². The van der Waals surface area contributed by atoms with Crippen molar-refractivity contribution in [2.45, 2.75) is 19.5 Å². The van der Waals surface area contributed by atoms with Crippen LogP contribution in [-0.4, -0.2) is 12.9 Å². The second-order valence-electron chi connectivity index (χ2n) is 3.31. The monoisotopic (exact) mass is 250 g/mol. The van der Waals surface area contributed by atoms with Crippen LogP contribution in [0.4, 0.5) is 17.6 Å². The molecule has 0 atom stereocenters. The molecule has 0 radical (unpaired) electrons. The standard InChI is InChI=1S/C11H10F4O2/c1-3-8(16)10-7(12)4-6(11(13,14)15)5-9(10)17-2/h4-5H,3H2,1-2H3. The first kappa shape index (κ1) is 13.5. The lowest BCUT2D eigenvalue weighted by atomic mass is 10.0. The van der Waals surface area contributed by atoms with Gasteiger partial charge in [-0.25, -0.2) is 4.39 Å². The summed E-state index contributed by atoms with van der Waals surface area (Å²) in [5.74, 6) is -2.22. The van der Waals surface area contributed by atoms with Crippen molar-refractivity contribution in [1.82, 2.24) is 0 Å². The lowest BCUT2D eigenvalue weighted by Gasteiger charge is -2.12. The molecule has 0 heterocycles. The highest BCUT2D eigenvalue weighted by Gasteiger charge is 2.33. The highest BCUT2D eigenvalue weighted by molar-refractivity contribution is 5.98. The highest BCUT2D eigenvalue weighted by atomic mass is 19.4. The number of ketones is 1. The SMILES string of the molecule is CCC(=O)c1c(F)cc(C(F)(F)F)cc1OC. The Morgan fingerprint density at radius 3 is 2.35 bits per heavy atom. The van der Waals surface area contributed by atoms with Gasteiger partial charge < -0.3 is 4.74 Å². The van der Waals surface area contributed by atoms with Crippen LogP contribution in [0.3, 0.4) is 0 Å². The molecule has 0 saturated carbocycles. The van der Waals surface area contributed by atoms with E-state index in [1.54, 1.807) is 0 Å². The van der Waals surface area contributed by atoms with Crippen LogP contribution in [0.1, 0.15) is 29.3 Å². The van der Waals surface area contributed by atoms with Crippen molar-refractivity contribution in [3.63, 3.8) is 0 Å². The zero-order chi connectivity index (χ0) is 13.2. The van der Waals surface area contributed by atoms with E-state index in [4.69, 9.17) is 0 Å². The molecule has 2 nitrogen and oxygen atoms in total. The molecule has 0 aliphatic heterocycles. The van der Waals surface area contributed by atoms with Gasteiger partial charge in [0, 0.05) is 6.42 Å². The topological polar surface area (TPSA) is 26.3 Å². The molecule has 0 unspecified atom stereocenters. The summed E-state index contributed by atoms with van der Waals surface area (Å²) in [6.07, 6.45) is -4.69. The first-order valence-corrected chi connectivity index (χ1v) is 4.79. The fourth-order valence-electron chi connectivity index (χ4n) is 1.35. The largest absolute Gasteiger partial charge is 0.496 e. The van der Waals surface area contributed by atoms with E-state index < -0.39 is 34.7 Å². The van der Waals surface area contributed by atoms with Gasteiger partial charge in [0.2, 0.25) is 0 Å². The van der Waals surface area contributed by atoms with E-state index >= 15 is 0 Å². The number of hydrogen-bond donors (Lipinski definition) is 0. The second kappa shape index (κ2) is 4.73. The van der Waals surface area contributed by atoms with Gasteiger partial charge in [0.15, 0.2) is 5.78 Å². The maximum absolute atomic E-state index is 13.5. The summed E-state index contributed by atoms with van der Waals surface area (Å²) >= 11 is 0. The fraction of sp³-hybridized carbons (Fsp3) is 0.364. The van der Waals surface area contributed by atoms with E-state index in [0.717, 1.165) is 7.11 Å². The van der Waals surface area contributed by atoms with Crippen molar-refractivity contribution in [3.8, 4) is 5.75 Å². The first-order chi connectivity index (χ1) is 7.81. The zero-order valence-electron chi connectivity index (χ0n) is 9.19.